The molecule has 0 radical (unpaired) electrons. The van der Waals surface area contributed by atoms with Crippen LogP contribution in [0.5, 0.6) is 0 Å². The second-order valence-corrected chi connectivity index (χ2v) is 4.35. The highest BCUT2D eigenvalue weighted by atomic mass is 16.1. The number of unbranched alkanes of at least 4 members (excludes halogenated alkanes) is 3. The molecule has 0 aliphatic heterocycles. The number of Topliss-reactive ketones (excluding diaryl/α,β-unsaturated/α-hetero) is 1. The molecule has 1 heteroatoms. The van der Waals surface area contributed by atoms with Gasteiger partial charge in [0.05, 0.1) is 0 Å². The first-order valence-electron chi connectivity index (χ1n) is 5.84. The fraction of sp³-hybridized carbons (Fsp3) is 0.917. The van der Waals surface area contributed by atoms with Crippen LogP contribution in [0, 0.1) is 5.92 Å². The first-order valence-corrected chi connectivity index (χ1v) is 5.84. The Labute approximate surface area is 81.9 Å². The predicted molar refractivity (Wildman–Crippen MR) is 55.7 cm³/mol. The lowest BCUT2D eigenvalue weighted by Crippen LogP contribution is -2.14. The van der Waals surface area contributed by atoms with Crippen molar-refractivity contribution in [3.8, 4) is 0 Å². The van der Waals surface area contributed by atoms with Crippen molar-refractivity contribution >= 4 is 5.78 Å². The summed E-state index contributed by atoms with van der Waals surface area (Å²) in [4.78, 5) is 11.2. The van der Waals surface area contributed by atoms with Crippen LogP contribution in [-0.2, 0) is 4.79 Å². The van der Waals surface area contributed by atoms with Crippen LogP contribution in [-0.4, -0.2) is 5.78 Å². The minimum absolute atomic E-state index is 0.506. The Balaban J connectivity index is 2.03. The molecule has 1 saturated carbocycles. The monoisotopic (exact) mass is 182 g/mol. The Morgan fingerprint density at radius 3 is 2.85 bits per heavy atom. The molecule has 0 heterocycles. The third-order valence-electron chi connectivity index (χ3n) is 3.05. The first-order chi connectivity index (χ1) is 6.33. The molecule has 0 aromatic rings. The minimum Gasteiger partial charge on any atom is -0.300 e. The normalized spacial score (nSPS) is 23.5. The zero-order chi connectivity index (χ0) is 9.52. The van der Waals surface area contributed by atoms with Crippen LogP contribution in [0.1, 0.15) is 64.7 Å². The van der Waals surface area contributed by atoms with Gasteiger partial charge in [0.15, 0.2) is 0 Å². The summed E-state index contributed by atoms with van der Waals surface area (Å²) in [6, 6.07) is 0. The Bertz CT molecular complexity index is 151. The van der Waals surface area contributed by atoms with Gasteiger partial charge in [-0.05, 0) is 18.8 Å². The molecule has 0 aromatic carbocycles. The standard InChI is InChI=1S/C12H22O/c1-2-3-4-5-7-11-8-6-9-12(13)10-11/h11H,2-10H2,1H3/t11-/m0/s1. The summed E-state index contributed by atoms with van der Waals surface area (Å²) in [7, 11) is 0. The van der Waals surface area contributed by atoms with Crippen LogP contribution in [0.25, 0.3) is 0 Å². The van der Waals surface area contributed by atoms with Gasteiger partial charge < -0.3 is 0 Å². The Hall–Kier alpha value is -0.330. The van der Waals surface area contributed by atoms with Gasteiger partial charge in [0.2, 0.25) is 0 Å². The van der Waals surface area contributed by atoms with Crippen LogP contribution >= 0.6 is 0 Å². The molecule has 0 bridgehead atoms. The molecule has 1 rings (SSSR count). The lowest BCUT2D eigenvalue weighted by Gasteiger charge is -2.20. The predicted octanol–water partition coefficient (Wildman–Crippen LogP) is 3.72. The van der Waals surface area contributed by atoms with E-state index in [2.05, 4.69) is 6.92 Å². The Morgan fingerprint density at radius 1 is 1.31 bits per heavy atom. The number of carbonyl (C=O) groups is 1. The van der Waals surface area contributed by atoms with Crippen LogP contribution in [0.3, 0.4) is 0 Å². The SMILES string of the molecule is CCCCCC[C@H]1CCCC(=O)C1. The summed E-state index contributed by atoms with van der Waals surface area (Å²) >= 11 is 0. The van der Waals surface area contributed by atoms with E-state index in [1.54, 1.807) is 0 Å². The van der Waals surface area contributed by atoms with E-state index >= 15 is 0 Å². The summed E-state index contributed by atoms with van der Waals surface area (Å²) in [6.07, 6.45) is 10.9. The lowest BCUT2D eigenvalue weighted by molar-refractivity contribution is -0.121. The fourth-order valence-electron chi connectivity index (χ4n) is 2.22. The van der Waals surface area contributed by atoms with E-state index in [-0.39, 0.29) is 0 Å². The van der Waals surface area contributed by atoms with Crippen molar-refractivity contribution in [1.82, 2.24) is 0 Å². The van der Waals surface area contributed by atoms with E-state index in [9.17, 15) is 4.79 Å². The van der Waals surface area contributed by atoms with Crippen molar-refractivity contribution < 1.29 is 4.79 Å². The van der Waals surface area contributed by atoms with Gasteiger partial charge in [-0.2, -0.15) is 0 Å². The van der Waals surface area contributed by atoms with Gasteiger partial charge in [-0.15, -0.1) is 0 Å². The number of hydrogen-bond acceptors (Lipinski definition) is 1. The van der Waals surface area contributed by atoms with Crippen molar-refractivity contribution in [3.05, 3.63) is 0 Å². The molecule has 0 amide bonds. The van der Waals surface area contributed by atoms with Crippen LogP contribution in [0.2, 0.25) is 0 Å². The molecule has 1 nitrogen and oxygen atoms in total. The van der Waals surface area contributed by atoms with Gasteiger partial charge in [0.25, 0.3) is 0 Å². The van der Waals surface area contributed by atoms with Gasteiger partial charge in [-0.1, -0.05) is 39.0 Å². The molecular formula is C12H22O. The van der Waals surface area contributed by atoms with Crippen molar-refractivity contribution in [2.45, 2.75) is 64.7 Å². The average molecular weight is 182 g/mol. The Morgan fingerprint density at radius 2 is 2.15 bits per heavy atom. The van der Waals surface area contributed by atoms with Gasteiger partial charge in [-0.3, -0.25) is 4.79 Å². The second-order valence-electron chi connectivity index (χ2n) is 4.35. The summed E-state index contributed by atoms with van der Waals surface area (Å²) < 4.78 is 0. The van der Waals surface area contributed by atoms with Gasteiger partial charge >= 0.3 is 0 Å². The van der Waals surface area contributed by atoms with Crippen LogP contribution in [0.15, 0.2) is 0 Å². The van der Waals surface area contributed by atoms with Gasteiger partial charge in [-0.25, -0.2) is 0 Å². The summed E-state index contributed by atoms with van der Waals surface area (Å²) in [5.74, 6) is 1.24. The van der Waals surface area contributed by atoms with E-state index in [0.717, 1.165) is 25.2 Å². The Kier molecular flexibility index (Phi) is 5.10. The molecule has 0 N–H and O–H groups in total. The maximum absolute atomic E-state index is 11.2. The molecule has 0 spiro atoms. The van der Waals surface area contributed by atoms with Crippen molar-refractivity contribution in [3.63, 3.8) is 0 Å². The van der Waals surface area contributed by atoms with E-state index in [1.165, 1.54) is 38.5 Å². The molecule has 1 fully saturated rings. The van der Waals surface area contributed by atoms with Crippen molar-refractivity contribution in [2.24, 2.45) is 5.92 Å². The zero-order valence-corrected chi connectivity index (χ0v) is 8.85. The topological polar surface area (TPSA) is 17.1 Å². The van der Waals surface area contributed by atoms with E-state index in [0.29, 0.717) is 5.78 Å². The molecule has 0 saturated heterocycles. The molecule has 1 aliphatic carbocycles. The molecular weight excluding hydrogens is 160 g/mol. The average Bonchev–Trinajstić information content (AvgIpc) is 2.13. The van der Waals surface area contributed by atoms with Crippen molar-refractivity contribution in [2.75, 3.05) is 0 Å². The zero-order valence-electron chi connectivity index (χ0n) is 8.85. The summed E-state index contributed by atoms with van der Waals surface area (Å²) in [6.45, 7) is 2.24. The van der Waals surface area contributed by atoms with Gasteiger partial charge in [0, 0.05) is 12.8 Å². The highest BCUT2D eigenvalue weighted by Crippen LogP contribution is 2.26. The molecule has 1 aliphatic rings. The minimum atomic E-state index is 0.506. The molecule has 13 heavy (non-hydrogen) atoms. The van der Waals surface area contributed by atoms with E-state index < -0.39 is 0 Å². The third-order valence-corrected chi connectivity index (χ3v) is 3.05. The highest BCUT2D eigenvalue weighted by molar-refractivity contribution is 5.79. The molecule has 0 aromatic heterocycles. The van der Waals surface area contributed by atoms with Crippen LogP contribution < -0.4 is 0 Å². The molecule has 0 unspecified atom stereocenters. The quantitative estimate of drug-likeness (QED) is 0.592. The van der Waals surface area contributed by atoms with E-state index in [1.807, 2.05) is 0 Å². The van der Waals surface area contributed by atoms with Gasteiger partial charge in [0.1, 0.15) is 5.78 Å². The van der Waals surface area contributed by atoms with Crippen molar-refractivity contribution in [1.29, 1.82) is 0 Å². The second kappa shape index (κ2) is 6.17. The smallest absolute Gasteiger partial charge is 0.133 e. The summed E-state index contributed by atoms with van der Waals surface area (Å²) in [5, 5.41) is 0. The highest BCUT2D eigenvalue weighted by Gasteiger charge is 2.18. The maximum Gasteiger partial charge on any atom is 0.133 e. The first kappa shape index (κ1) is 10.7. The number of ketones is 1. The molecule has 76 valence electrons. The number of hydrogen-bond donors (Lipinski definition) is 0. The largest absolute Gasteiger partial charge is 0.300 e. The fourth-order valence-corrected chi connectivity index (χ4v) is 2.22. The number of rotatable bonds is 5. The van der Waals surface area contributed by atoms with Crippen LogP contribution in [0.4, 0.5) is 0 Å². The third kappa shape index (κ3) is 4.44. The molecule has 1 atom stereocenters. The maximum atomic E-state index is 11.2. The van der Waals surface area contributed by atoms with E-state index in [4.69, 9.17) is 0 Å². The lowest BCUT2D eigenvalue weighted by atomic mass is 9.85. The summed E-state index contributed by atoms with van der Waals surface area (Å²) in [5.41, 5.74) is 0. The number of carbonyl (C=O) groups excluding carboxylic acids is 1.